The predicted molar refractivity (Wildman–Crippen MR) is 56.8 cm³/mol. The molecule has 1 saturated carbocycles. The normalized spacial score (nSPS) is 16.3. The Morgan fingerprint density at radius 3 is 2.75 bits per heavy atom. The minimum absolute atomic E-state index is 0.202. The molecule has 1 aromatic heterocycles. The molecule has 1 heterocycles. The van der Waals surface area contributed by atoms with Gasteiger partial charge in [0.05, 0.1) is 18.4 Å². The first-order valence-electron chi connectivity index (χ1n) is 5.36. The summed E-state index contributed by atoms with van der Waals surface area (Å²) in [6.07, 6.45) is 5.61. The van der Waals surface area contributed by atoms with Gasteiger partial charge in [0.2, 0.25) is 0 Å². The number of rotatable bonds is 3. The Hall–Kier alpha value is -1.65. The summed E-state index contributed by atoms with van der Waals surface area (Å²) in [6.45, 7) is 0. The minimum Gasteiger partial charge on any atom is -0.478 e. The Kier molecular flexibility index (Phi) is 3.03. The van der Waals surface area contributed by atoms with Crippen LogP contribution in [-0.4, -0.2) is 28.2 Å². The van der Waals surface area contributed by atoms with Crippen LogP contribution in [0.4, 0.5) is 0 Å². The molecule has 2 rings (SSSR count). The largest absolute Gasteiger partial charge is 0.478 e. The van der Waals surface area contributed by atoms with E-state index in [0.29, 0.717) is 5.69 Å². The van der Waals surface area contributed by atoms with Crippen LogP contribution in [0.2, 0.25) is 0 Å². The van der Waals surface area contributed by atoms with Crippen molar-refractivity contribution in [3.8, 4) is 6.01 Å². The third-order valence-corrected chi connectivity index (χ3v) is 2.95. The SMILES string of the molecule is COc1ncc(C(=O)O)c(C2CCCC2)n1. The molecule has 5 heteroatoms. The number of nitrogens with zero attached hydrogens (tertiary/aromatic N) is 2. The second-order valence-corrected chi connectivity index (χ2v) is 3.94. The Morgan fingerprint density at radius 1 is 1.50 bits per heavy atom. The van der Waals surface area contributed by atoms with E-state index >= 15 is 0 Å². The number of carbonyl (C=O) groups is 1. The molecule has 0 saturated heterocycles. The van der Waals surface area contributed by atoms with E-state index in [2.05, 4.69) is 9.97 Å². The van der Waals surface area contributed by atoms with E-state index in [1.54, 1.807) is 0 Å². The van der Waals surface area contributed by atoms with Crippen LogP contribution < -0.4 is 4.74 Å². The van der Waals surface area contributed by atoms with Crippen LogP contribution in [0.15, 0.2) is 6.20 Å². The Morgan fingerprint density at radius 2 is 2.19 bits per heavy atom. The smallest absolute Gasteiger partial charge is 0.339 e. The van der Waals surface area contributed by atoms with Crippen LogP contribution in [-0.2, 0) is 0 Å². The van der Waals surface area contributed by atoms with E-state index in [0.717, 1.165) is 25.7 Å². The van der Waals surface area contributed by atoms with Crippen molar-refractivity contribution in [2.45, 2.75) is 31.6 Å². The zero-order chi connectivity index (χ0) is 11.5. The quantitative estimate of drug-likeness (QED) is 0.844. The van der Waals surface area contributed by atoms with Crippen molar-refractivity contribution in [1.82, 2.24) is 9.97 Å². The number of hydrogen-bond acceptors (Lipinski definition) is 4. The molecule has 1 aliphatic rings. The first-order valence-corrected chi connectivity index (χ1v) is 5.36. The number of aromatic nitrogens is 2. The van der Waals surface area contributed by atoms with E-state index in [4.69, 9.17) is 9.84 Å². The third-order valence-electron chi connectivity index (χ3n) is 2.95. The predicted octanol–water partition coefficient (Wildman–Crippen LogP) is 1.84. The van der Waals surface area contributed by atoms with Crippen LogP contribution in [0.3, 0.4) is 0 Å². The second-order valence-electron chi connectivity index (χ2n) is 3.94. The van der Waals surface area contributed by atoms with Gasteiger partial charge in [-0.3, -0.25) is 0 Å². The van der Waals surface area contributed by atoms with Crippen molar-refractivity contribution in [2.24, 2.45) is 0 Å². The average molecular weight is 222 g/mol. The lowest BCUT2D eigenvalue weighted by atomic mass is 10.00. The van der Waals surface area contributed by atoms with Crippen LogP contribution in [0, 0.1) is 0 Å². The first-order chi connectivity index (χ1) is 7.72. The Bertz CT molecular complexity index is 400. The molecule has 1 fully saturated rings. The molecule has 0 unspecified atom stereocenters. The van der Waals surface area contributed by atoms with Gasteiger partial charge in [-0.25, -0.2) is 9.78 Å². The highest BCUT2D eigenvalue weighted by atomic mass is 16.5. The average Bonchev–Trinajstić information content (AvgIpc) is 2.81. The molecule has 86 valence electrons. The van der Waals surface area contributed by atoms with Crippen molar-refractivity contribution in [2.75, 3.05) is 7.11 Å². The fourth-order valence-corrected chi connectivity index (χ4v) is 2.15. The van der Waals surface area contributed by atoms with Gasteiger partial charge < -0.3 is 9.84 Å². The molecule has 1 N–H and O–H groups in total. The zero-order valence-electron chi connectivity index (χ0n) is 9.14. The molecule has 0 atom stereocenters. The van der Waals surface area contributed by atoms with Gasteiger partial charge in [-0.15, -0.1) is 0 Å². The van der Waals surface area contributed by atoms with Gasteiger partial charge in [-0.05, 0) is 12.8 Å². The molecule has 1 aliphatic carbocycles. The third kappa shape index (κ3) is 1.98. The molecule has 1 aromatic rings. The van der Waals surface area contributed by atoms with Crippen LogP contribution >= 0.6 is 0 Å². The fraction of sp³-hybridized carbons (Fsp3) is 0.545. The van der Waals surface area contributed by atoms with E-state index in [-0.39, 0.29) is 17.5 Å². The molecule has 0 aromatic carbocycles. The molecule has 0 spiro atoms. The maximum atomic E-state index is 11.1. The van der Waals surface area contributed by atoms with Gasteiger partial charge >= 0.3 is 12.0 Å². The maximum absolute atomic E-state index is 11.1. The summed E-state index contributed by atoms with van der Waals surface area (Å²) in [5.41, 5.74) is 0.824. The second kappa shape index (κ2) is 4.47. The summed E-state index contributed by atoms with van der Waals surface area (Å²) >= 11 is 0. The Balaban J connectivity index is 2.40. The molecule has 0 amide bonds. The summed E-state index contributed by atoms with van der Waals surface area (Å²) in [4.78, 5) is 19.1. The van der Waals surface area contributed by atoms with Gasteiger partial charge in [0.15, 0.2) is 0 Å². The Labute approximate surface area is 93.5 Å². The van der Waals surface area contributed by atoms with Crippen LogP contribution in [0.1, 0.15) is 47.7 Å². The topological polar surface area (TPSA) is 72.3 Å². The lowest BCUT2D eigenvalue weighted by Crippen LogP contribution is -2.10. The lowest BCUT2D eigenvalue weighted by molar-refractivity contribution is 0.0693. The molecular weight excluding hydrogens is 208 g/mol. The molecule has 16 heavy (non-hydrogen) atoms. The van der Waals surface area contributed by atoms with E-state index in [9.17, 15) is 4.79 Å². The van der Waals surface area contributed by atoms with E-state index < -0.39 is 5.97 Å². The summed E-state index contributed by atoms with van der Waals surface area (Å²) < 4.78 is 4.93. The van der Waals surface area contributed by atoms with E-state index in [1.165, 1.54) is 13.3 Å². The van der Waals surface area contributed by atoms with Crippen molar-refractivity contribution < 1.29 is 14.6 Å². The number of carboxylic acid groups (broad SMARTS) is 1. The maximum Gasteiger partial charge on any atom is 0.339 e. The number of methoxy groups -OCH3 is 1. The number of ether oxygens (including phenoxy) is 1. The highest BCUT2D eigenvalue weighted by Crippen LogP contribution is 2.35. The fourth-order valence-electron chi connectivity index (χ4n) is 2.15. The van der Waals surface area contributed by atoms with Crippen molar-refractivity contribution in [1.29, 1.82) is 0 Å². The summed E-state index contributed by atoms with van der Waals surface area (Å²) in [6, 6.07) is 0.242. The monoisotopic (exact) mass is 222 g/mol. The number of hydrogen-bond donors (Lipinski definition) is 1. The molecule has 0 bridgehead atoms. The zero-order valence-corrected chi connectivity index (χ0v) is 9.14. The summed E-state index contributed by atoms with van der Waals surface area (Å²) in [7, 11) is 1.48. The van der Waals surface area contributed by atoms with Crippen molar-refractivity contribution >= 4 is 5.97 Å². The number of carboxylic acids is 1. The molecule has 0 radical (unpaired) electrons. The van der Waals surface area contributed by atoms with Crippen LogP contribution in [0.5, 0.6) is 6.01 Å². The highest BCUT2D eigenvalue weighted by Gasteiger charge is 2.25. The summed E-state index contributed by atoms with van der Waals surface area (Å²) in [5.74, 6) is -0.729. The highest BCUT2D eigenvalue weighted by molar-refractivity contribution is 5.88. The first kappa shape index (κ1) is 10.9. The van der Waals surface area contributed by atoms with Gasteiger partial charge in [-0.2, -0.15) is 4.98 Å². The molecular formula is C11H14N2O3. The van der Waals surface area contributed by atoms with Crippen molar-refractivity contribution in [3.05, 3.63) is 17.5 Å². The van der Waals surface area contributed by atoms with Crippen molar-refractivity contribution in [3.63, 3.8) is 0 Å². The van der Waals surface area contributed by atoms with Gasteiger partial charge in [0, 0.05) is 12.1 Å². The molecule has 0 aliphatic heterocycles. The standard InChI is InChI=1S/C11H14N2O3/c1-16-11-12-6-8(10(14)15)9(13-11)7-4-2-3-5-7/h6-7H,2-5H2,1H3,(H,14,15). The van der Waals surface area contributed by atoms with E-state index in [1.807, 2.05) is 0 Å². The van der Waals surface area contributed by atoms with Gasteiger partial charge in [0.1, 0.15) is 0 Å². The van der Waals surface area contributed by atoms with Gasteiger partial charge in [-0.1, -0.05) is 12.8 Å². The molecule has 5 nitrogen and oxygen atoms in total. The lowest BCUT2D eigenvalue weighted by Gasteiger charge is -2.11. The minimum atomic E-state index is -0.968. The van der Waals surface area contributed by atoms with Crippen LogP contribution in [0.25, 0.3) is 0 Å². The number of aromatic carboxylic acids is 1. The summed E-state index contributed by atoms with van der Waals surface area (Å²) in [5, 5.41) is 9.07. The van der Waals surface area contributed by atoms with Gasteiger partial charge in [0.25, 0.3) is 0 Å².